The Hall–Kier alpha value is -2.37. The van der Waals surface area contributed by atoms with E-state index in [-0.39, 0.29) is 52.2 Å². The van der Waals surface area contributed by atoms with Crippen molar-refractivity contribution in [1.29, 1.82) is 0 Å². The van der Waals surface area contributed by atoms with Gasteiger partial charge in [-0.2, -0.15) is 0 Å². The SMILES string of the molecule is C.C=CC(=O)OC.C=COC.[2H]C1([2H])CCC([2H])([2H])C1([2H])/C=C/OC.[2H]C1([2H])CCC([2H])([2H])C1([2H])C=O.[2H]C1([2H])CCC([2H])([2H])C1=O. The molecule has 0 bridgehead atoms. The first kappa shape index (κ1) is 15.5. The molecule has 3 rings (SSSR count). The Morgan fingerprint density at radius 3 is 1.61 bits per heavy atom. The normalized spacial score (nSPS) is 34.0. The summed E-state index contributed by atoms with van der Waals surface area (Å²) in [5.41, 5.74) is 0. The molecule has 0 spiro atoms. The molecule has 0 atom stereocenters. The van der Waals surface area contributed by atoms with Crippen LogP contribution in [0.15, 0.2) is 37.8 Å². The summed E-state index contributed by atoms with van der Waals surface area (Å²) in [6.45, 7) is 6.41. The van der Waals surface area contributed by atoms with Gasteiger partial charge in [0.1, 0.15) is 12.1 Å². The van der Waals surface area contributed by atoms with E-state index < -0.39 is 61.8 Å². The van der Waals surface area contributed by atoms with Gasteiger partial charge in [-0.3, -0.25) is 4.79 Å². The molecule has 6 heteroatoms. The second-order valence-electron chi connectivity index (χ2n) is 5.50. The number of rotatable bonds is 5. The van der Waals surface area contributed by atoms with Gasteiger partial charge in [-0.15, -0.1) is 0 Å². The molecule has 3 fully saturated rings. The standard InChI is InChI=1S/C8H14O.C6H10O.C5H8O.C4H6O2.C3H6O.CH4/c1-9-7-6-8-4-2-3-5-8;7-5-6-3-1-2-4-6;6-5-3-1-2-4-5;1-3-4(5)6-2;1-3-4-2;/h6-8H,2-5H2,1H3;5-6H,1-4H2;1-4H2;3H,1H2,2H3;3H,1H2,2H3;1H4/b7-6+;;;;;/i4D2,5D2,8D;3D2,4D2,6D;3D2,4D2;;;. The zero-order chi connectivity index (χ0) is 37.1. The Kier molecular flexibility index (Phi) is 13.0. The van der Waals surface area contributed by atoms with Crippen LogP contribution in [0.4, 0.5) is 0 Å². The van der Waals surface area contributed by atoms with E-state index >= 15 is 0 Å². The average molecular weight is 483 g/mol. The highest BCUT2D eigenvalue weighted by atomic mass is 16.5. The largest absolute Gasteiger partial charge is 0.505 e. The van der Waals surface area contributed by atoms with Crippen LogP contribution in [-0.2, 0) is 28.6 Å². The summed E-state index contributed by atoms with van der Waals surface area (Å²) in [7, 11) is 4.26. The maximum atomic E-state index is 10.8. The number of hydrogen-bond donors (Lipinski definition) is 0. The van der Waals surface area contributed by atoms with Crippen LogP contribution in [0.5, 0.6) is 0 Å². The highest BCUT2D eigenvalue weighted by molar-refractivity contribution is 5.81. The number of esters is 1. The Balaban J connectivity index is -0.000000541. The van der Waals surface area contributed by atoms with Gasteiger partial charge < -0.3 is 19.0 Å². The molecule has 0 aromatic heterocycles. The first-order valence-corrected chi connectivity index (χ1v) is 9.68. The molecule has 0 amide bonds. The van der Waals surface area contributed by atoms with E-state index in [0.29, 0.717) is 0 Å². The van der Waals surface area contributed by atoms with E-state index in [1.807, 2.05) is 0 Å². The van der Waals surface area contributed by atoms with E-state index in [4.69, 9.17) is 19.2 Å². The molecule has 0 aliphatic heterocycles. The summed E-state index contributed by atoms with van der Waals surface area (Å²) in [5.74, 6) is -5.38. The zero-order valence-corrected chi connectivity index (χ0v) is 19.0. The van der Waals surface area contributed by atoms with Gasteiger partial charge >= 0.3 is 5.97 Å². The van der Waals surface area contributed by atoms with Gasteiger partial charge in [0.15, 0.2) is 0 Å². The Morgan fingerprint density at radius 2 is 1.39 bits per heavy atom. The van der Waals surface area contributed by atoms with Crippen molar-refractivity contribution in [2.75, 3.05) is 21.3 Å². The summed E-state index contributed by atoms with van der Waals surface area (Å²) in [4.78, 5) is 31.1. The van der Waals surface area contributed by atoms with Crippen molar-refractivity contribution < 1.29 is 47.8 Å². The number of aldehydes is 1. The van der Waals surface area contributed by atoms with Crippen LogP contribution in [0, 0.1) is 11.8 Å². The van der Waals surface area contributed by atoms with E-state index in [1.54, 1.807) is 7.11 Å². The maximum Gasteiger partial charge on any atom is 0.329 e. The average Bonchev–Trinajstić information content (AvgIpc) is 3.37. The quantitative estimate of drug-likeness (QED) is 0.190. The molecule has 0 radical (unpaired) electrons. The first-order chi connectivity index (χ1) is 20.6. The van der Waals surface area contributed by atoms with Crippen molar-refractivity contribution in [3.63, 3.8) is 0 Å². The lowest BCUT2D eigenvalue weighted by Crippen LogP contribution is -1.91. The van der Waals surface area contributed by atoms with Crippen LogP contribution in [0.3, 0.4) is 0 Å². The molecule has 0 saturated heterocycles. The van der Waals surface area contributed by atoms with Gasteiger partial charge in [-0.1, -0.05) is 46.3 Å². The van der Waals surface area contributed by atoms with Crippen molar-refractivity contribution >= 4 is 18.0 Å². The third-order valence-electron chi connectivity index (χ3n) is 3.23. The number of allylic oxidation sites excluding steroid dienone is 1. The number of carbonyl (C=O) groups is 3. The van der Waals surface area contributed by atoms with Gasteiger partial charge in [0, 0.05) is 43.9 Å². The maximum absolute atomic E-state index is 10.8. The van der Waals surface area contributed by atoms with Crippen molar-refractivity contribution in [3.05, 3.63) is 37.8 Å². The molecule has 6 nitrogen and oxygen atoms in total. The molecule has 3 aliphatic rings. The number of hydrogen-bond acceptors (Lipinski definition) is 6. The number of carbonyl (C=O) groups excluding carboxylic acids is 3. The van der Waals surface area contributed by atoms with Crippen LogP contribution in [0.1, 0.15) is 103 Å². The minimum Gasteiger partial charge on any atom is -0.505 e. The second-order valence-corrected chi connectivity index (χ2v) is 5.50. The van der Waals surface area contributed by atoms with Crippen molar-refractivity contribution in [3.8, 4) is 0 Å². The Labute approximate surface area is 222 Å². The summed E-state index contributed by atoms with van der Waals surface area (Å²) in [6.07, 6.45) is -6.69. The minimum absolute atomic E-state index is 0. The lowest BCUT2D eigenvalue weighted by Gasteiger charge is -1.97. The fraction of sp³-hybridized carbons (Fsp3) is 0.667. The number of Topliss-reactive ketones (excluding diaryl/α,β-unsaturated/α-hetero) is 1. The molecule has 0 heterocycles. The molecular weight excluding hydrogens is 420 g/mol. The van der Waals surface area contributed by atoms with E-state index in [9.17, 15) is 14.4 Å². The Bertz CT molecular complexity index is 1030. The predicted molar refractivity (Wildman–Crippen MR) is 136 cm³/mol. The first-order valence-electron chi connectivity index (χ1n) is 16.7. The third kappa shape index (κ3) is 25.8. The molecule has 3 saturated carbocycles. The topological polar surface area (TPSA) is 78.9 Å². The van der Waals surface area contributed by atoms with Gasteiger partial charge in [-0.25, -0.2) is 4.79 Å². The lowest BCUT2D eigenvalue weighted by atomic mass is 10.1. The number of ketones is 1. The minimum atomic E-state index is -2.24. The predicted octanol–water partition coefficient (Wildman–Crippen LogP) is 6.60. The van der Waals surface area contributed by atoms with Crippen LogP contribution in [0.2, 0.25) is 0 Å². The summed E-state index contributed by atoms with van der Waals surface area (Å²) in [5, 5.41) is 0. The van der Waals surface area contributed by atoms with Crippen LogP contribution in [-0.4, -0.2) is 39.4 Å². The molecule has 3 aliphatic carbocycles. The third-order valence-corrected chi connectivity index (χ3v) is 3.23. The van der Waals surface area contributed by atoms with E-state index in [0.717, 1.165) is 6.08 Å². The molecule has 33 heavy (non-hydrogen) atoms. The molecule has 0 aromatic carbocycles. The molecule has 0 N–H and O–H groups in total. The number of methoxy groups -OCH3 is 3. The zero-order valence-electron chi connectivity index (χ0n) is 33.0. The van der Waals surface area contributed by atoms with Crippen LogP contribution >= 0.6 is 0 Å². The smallest absolute Gasteiger partial charge is 0.329 e. The van der Waals surface area contributed by atoms with Gasteiger partial charge in [-0.05, 0) is 50.3 Å². The highest BCUT2D eigenvalue weighted by Crippen LogP contribution is 2.25. The second kappa shape index (κ2) is 27.7. The van der Waals surface area contributed by atoms with Crippen molar-refractivity contribution in [1.82, 2.24) is 0 Å². The van der Waals surface area contributed by atoms with E-state index in [1.165, 1.54) is 32.8 Å². The van der Waals surface area contributed by atoms with Crippen molar-refractivity contribution in [2.24, 2.45) is 11.8 Å². The van der Waals surface area contributed by atoms with Gasteiger partial charge in [0.2, 0.25) is 0 Å². The summed E-state index contributed by atoms with van der Waals surface area (Å²) in [6, 6.07) is 0. The highest BCUT2D eigenvalue weighted by Gasteiger charge is 2.12. The van der Waals surface area contributed by atoms with Gasteiger partial charge in [0.25, 0.3) is 0 Å². The molecule has 192 valence electrons. The number of ether oxygens (including phenoxy) is 3. The molecule has 0 unspecified atom stereocenters. The summed E-state index contributed by atoms with van der Waals surface area (Å²) < 4.78 is 116. The van der Waals surface area contributed by atoms with Crippen LogP contribution in [0.25, 0.3) is 0 Å². The molecular formula is C27H48O6. The Morgan fingerprint density at radius 1 is 0.939 bits per heavy atom. The van der Waals surface area contributed by atoms with Crippen molar-refractivity contribution in [2.45, 2.75) is 84.2 Å². The molecule has 0 aromatic rings. The fourth-order valence-corrected chi connectivity index (χ4v) is 1.75. The van der Waals surface area contributed by atoms with Gasteiger partial charge in [0.05, 0.1) is 33.9 Å². The van der Waals surface area contributed by atoms with E-state index in [2.05, 4.69) is 27.4 Å². The summed E-state index contributed by atoms with van der Waals surface area (Å²) >= 11 is 0. The fourth-order valence-electron chi connectivity index (χ4n) is 1.75. The van der Waals surface area contributed by atoms with Crippen LogP contribution < -0.4 is 0 Å². The monoisotopic (exact) mass is 482 g/mol. The lowest BCUT2D eigenvalue weighted by molar-refractivity contribution is -0.134.